The molecule has 2 aromatic carbocycles. The molecule has 0 bridgehead atoms. The molecule has 0 spiro atoms. The Hall–Kier alpha value is -1.96. The highest BCUT2D eigenvalue weighted by Crippen LogP contribution is 2.26. The normalized spacial score (nSPS) is 15.3. The number of benzene rings is 2. The van der Waals surface area contributed by atoms with Gasteiger partial charge in [-0.3, -0.25) is 0 Å². The van der Waals surface area contributed by atoms with Gasteiger partial charge in [0.15, 0.2) is 0 Å². The maximum atomic E-state index is 5.95. The molecule has 0 saturated heterocycles. The Kier molecular flexibility index (Phi) is 5.57. The van der Waals surface area contributed by atoms with Crippen LogP contribution in [0.4, 0.5) is 0 Å². The summed E-state index contributed by atoms with van der Waals surface area (Å²) in [5.74, 6) is 2.60. The highest BCUT2D eigenvalue weighted by molar-refractivity contribution is 5.64. The summed E-state index contributed by atoms with van der Waals surface area (Å²) >= 11 is 0. The second-order valence-corrected chi connectivity index (χ2v) is 6.10. The predicted octanol–water partition coefficient (Wildman–Crippen LogP) is 5.53. The second-order valence-electron chi connectivity index (χ2n) is 6.10. The van der Waals surface area contributed by atoms with E-state index in [-0.39, 0.29) is 0 Å². The summed E-state index contributed by atoms with van der Waals surface area (Å²) in [5.41, 5.74) is 2.40. The van der Waals surface area contributed by atoms with Crippen molar-refractivity contribution >= 4 is 0 Å². The molecule has 0 unspecified atom stereocenters. The first-order valence-corrected chi connectivity index (χ1v) is 8.63. The molecule has 0 N–H and O–H groups in total. The van der Waals surface area contributed by atoms with Gasteiger partial charge in [0.2, 0.25) is 0 Å². The number of rotatable bonds is 6. The summed E-state index contributed by atoms with van der Waals surface area (Å²) in [4.78, 5) is 0. The SMILES string of the molecule is CCOc1ccc(-c2ccc(OCC3CC[CH]CC3)cc2)cc1. The van der Waals surface area contributed by atoms with Gasteiger partial charge in [-0.15, -0.1) is 0 Å². The van der Waals surface area contributed by atoms with E-state index >= 15 is 0 Å². The molecule has 0 atom stereocenters. The van der Waals surface area contributed by atoms with Crippen molar-refractivity contribution in [1.29, 1.82) is 0 Å². The van der Waals surface area contributed by atoms with Crippen LogP contribution in [0.2, 0.25) is 0 Å². The van der Waals surface area contributed by atoms with E-state index in [1.165, 1.54) is 36.8 Å². The third-order valence-corrected chi connectivity index (χ3v) is 4.40. The van der Waals surface area contributed by atoms with Crippen molar-refractivity contribution in [1.82, 2.24) is 0 Å². The van der Waals surface area contributed by atoms with Gasteiger partial charge < -0.3 is 9.47 Å². The topological polar surface area (TPSA) is 18.5 Å². The van der Waals surface area contributed by atoms with Crippen molar-refractivity contribution in [3.63, 3.8) is 0 Å². The lowest BCUT2D eigenvalue weighted by molar-refractivity contribution is 0.221. The summed E-state index contributed by atoms with van der Waals surface area (Å²) in [7, 11) is 0. The fourth-order valence-corrected chi connectivity index (χ4v) is 3.03. The Morgan fingerprint density at radius 1 is 0.783 bits per heavy atom. The first-order chi connectivity index (χ1) is 11.3. The molecule has 0 amide bonds. The van der Waals surface area contributed by atoms with Gasteiger partial charge in [-0.1, -0.05) is 24.3 Å². The summed E-state index contributed by atoms with van der Waals surface area (Å²) in [5, 5.41) is 0. The Bertz CT molecular complexity index is 580. The van der Waals surface area contributed by atoms with Gasteiger partial charge >= 0.3 is 0 Å². The van der Waals surface area contributed by atoms with Crippen molar-refractivity contribution in [3.05, 3.63) is 55.0 Å². The van der Waals surface area contributed by atoms with Crippen LogP contribution in [0, 0.1) is 12.3 Å². The maximum Gasteiger partial charge on any atom is 0.119 e. The van der Waals surface area contributed by atoms with Crippen LogP contribution in [0.1, 0.15) is 32.6 Å². The van der Waals surface area contributed by atoms with Crippen LogP contribution >= 0.6 is 0 Å². The number of hydrogen-bond donors (Lipinski definition) is 0. The third-order valence-electron chi connectivity index (χ3n) is 4.40. The minimum atomic E-state index is 0.699. The Balaban J connectivity index is 1.57. The standard InChI is InChI=1S/C21H25O2/c1-2-22-20-12-8-18(9-13-20)19-10-14-21(15-11-19)23-16-17-6-4-3-5-7-17/h3,8-15,17H,2,4-7,16H2,1H3. The molecule has 1 aliphatic rings. The summed E-state index contributed by atoms with van der Waals surface area (Å²) in [6.07, 6.45) is 7.41. The summed E-state index contributed by atoms with van der Waals surface area (Å²) < 4.78 is 11.4. The van der Waals surface area contributed by atoms with Crippen molar-refractivity contribution in [2.24, 2.45) is 5.92 Å². The molecule has 121 valence electrons. The fraction of sp³-hybridized carbons (Fsp3) is 0.381. The van der Waals surface area contributed by atoms with E-state index in [1.807, 2.05) is 19.1 Å². The van der Waals surface area contributed by atoms with Crippen LogP contribution in [0.15, 0.2) is 48.5 Å². The van der Waals surface area contributed by atoms with Crippen molar-refractivity contribution in [2.45, 2.75) is 32.6 Å². The maximum absolute atomic E-state index is 5.95. The zero-order chi connectivity index (χ0) is 15.9. The Morgan fingerprint density at radius 3 is 1.83 bits per heavy atom. The Morgan fingerprint density at radius 2 is 1.30 bits per heavy atom. The molecule has 1 radical (unpaired) electrons. The molecule has 0 aromatic heterocycles. The van der Waals surface area contributed by atoms with E-state index in [0.717, 1.165) is 18.1 Å². The molecule has 2 heteroatoms. The molecule has 2 aromatic rings. The van der Waals surface area contributed by atoms with E-state index in [4.69, 9.17) is 9.47 Å². The lowest BCUT2D eigenvalue weighted by Gasteiger charge is -2.21. The second kappa shape index (κ2) is 8.05. The number of hydrogen-bond acceptors (Lipinski definition) is 2. The highest BCUT2D eigenvalue weighted by atomic mass is 16.5. The van der Waals surface area contributed by atoms with Crippen LogP contribution in [0.3, 0.4) is 0 Å². The van der Waals surface area contributed by atoms with Gasteiger partial charge in [-0.25, -0.2) is 0 Å². The number of ether oxygens (including phenoxy) is 2. The van der Waals surface area contributed by atoms with E-state index in [0.29, 0.717) is 12.5 Å². The Labute approximate surface area is 139 Å². The quantitative estimate of drug-likeness (QED) is 0.699. The minimum absolute atomic E-state index is 0.699. The molecule has 23 heavy (non-hydrogen) atoms. The van der Waals surface area contributed by atoms with Crippen LogP contribution in [0.25, 0.3) is 11.1 Å². The summed E-state index contributed by atoms with van der Waals surface area (Å²) in [6.45, 7) is 3.54. The van der Waals surface area contributed by atoms with Gasteiger partial charge in [0, 0.05) is 0 Å². The smallest absolute Gasteiger partial charge is 0.119 e. The molecule has 0 heterocycles. The zero-order valence-corrected chi connectivity index (χ0v) is 13.8. The first-order valence-electron chi connectivity index (χ1n) is 8.63. The molecular formula is C21H25O2. The molecule has 2 nitrogen and oxygen atoms in total. The van der Waals surface area contributed by atoms with Gasteiger partial charge in [-0.05, 0) is 80.3 Å². The summed E-state index contributed by atoms with van der Waals surface area (Å²) in [6, 6.07) is 16.6. The van der Waals surface area contributed by atoms with Gasteiger partial charge in [-0.2, -0.15) is 0 Å². The van der Waals surface area contributed by atoms with Crippen molar-refractivity contribution < 1.29 is 9.47 Å². The molecule has 3 rings (SSSR count). The van der Waals surface area contributed by atoms with E-state index < -0.39 is 0 Å². The van der Waals surface area contributed by atoms with Crippen molar-refractivity contribution in [2.75, 3.05) is 13.2 Å². The first kappa shape index (κ1) is 15.9. The fourth-order valence-electron chi connectivity index (χ4n) is 3.03. The van der Waals surface area contributed by atoms with Gasteiger partial charge in [0.25, 0.3) is 0 Å². The third kappa shape index (κ3) is 4.51. The van der Waals surface area contributed by atoms with Crippen LogP contribution in [0.5, 0.6) is 11.5 Å². The lowest BCUT2D eigenvalue weighted by Crippen LogP contribution is -2.15. The largest absolute Gasteiger partial charge is 0.494 e. The lowest BCUT2D eigenvalue weighted by atomic mass is 9.90. The van der Waals surface area contributed by atoms with Crippen molar-refractivity contribution in [3.8, 4) is 22.6 Å². The molecule has 0 aliphatic heterocycles. The molecule has 1 fully saturated rings. The van der Waals surface area contributed by atoms with Crippen LogP contribution in [-0.2, 0) is 0 Å². The zero-order valence-electron chi connectivity index (χ0n) is 13.8. The van der Waals surface area contributed by atoms with Gasteiger partial charge in [0.1, 0.15) is 11.5 Å². The molecule has 1 saturated carbocycles. The van der Waals surface area contributed by atoms with Crippen LogP contribution in [-0.4, -0.2) is 13.2 Å². The minimum Gasteiger partial charge on any atom is -0.494 e. The van der Waals surface area contributed by atoms with E-state index in [9.17, 15) is 0 Å². The molecule has 1 aliphatic carbocycles. The average molecular weight is 309 g/mol. The van der Waals surface area contributed by atoms with E-state index in [2.05, 4.69) is 42.8 Å². The highest BCUT2D eigenvalue weighted by Gasteiger charge is 2.14. The molecular weight excluding hydrogens is 284 g/mol. The monoisotopic (exact) mass is 309 g/mol. The van der Waals surface area contributed by atoms with Gasteiger partial charge in [0.05, 0.1) is 13.2 Å². The van der Waals surface area contributed by atoms with E-state index in [1.54, 1.807) is 0 Å². The predicted molar refractivity (Wildman–Crippen MR) is 94.8 cm³/mol. The van der Waals surface area contributed by atoms with Crippen LogP contribution < -0.4 is 9.47 Å². The average Bonchev–Trinajstić information content (AvgIpc) is 2.62.